The van der Waals surface area contributed by atoms with Gasteiger partial charge >= 0.3 is 0 Å². The number of carbonyl (C=O) groups excluding carboxylic acids is 2. The molecule has 0 spiro atoms. The van der Waals surface area contributed by atoms with E-state index in [1.165, 1.54) is 0 Å². The predicted molar refractivity (Wildman–Crippen MR) is 112 cm³/mol. The van der Waals surface area contributed by atoms with Gasteiger partial charge in [-0.25, -0.2) is 4.98 Å². The molecule has 1 aromatic heterocycles. The number of para-hydroxylation sites is 2. The van der Waals surface area contributed by atoms with Crippen LogP contribution in [0.3, 0.4) is 0 Å². The molecule has 1 N–H and O–H groups in total. The third kappa shape index (κ3) is 3.88. The van der Waals surface area contributed by atoms with Crippen molar-refractivity contribution in [3.05, 3.63) is 66.0 Å². The Kier molecular flexibility index (Phi) is 5.34. The second-order valence-electron chi connectivity index (χ2n) is 7.62. The molecule has 1 aliphatic rings. The Morgan fingerprint density at radius 1 is 1.17 bits per heavy atom. The Hall–Kier alpha value is -3.15. The van der Waals surface area contributed by atoms with Gasteiger partial charge in [-0.2, -0.15) is 0 Å². The van der Waals surface area contributed by atoms with Crippen molar-refractivity contribution in [2.24, 2.45) is 5.92 Å². The highest BCUT2D eigenvalue weighted by Crippen LogP contribution is 2.28. The summed E-state index contributed by atoms with van der Waals surface area (Å²) >= 11 is 0. The molecule has 0 bridgehead atoms. The van der Waals surface area contributed by atoms with E-state index in [-0.39, 0.29) is 30.2 Å². The molecule has 4 rings (SSSR count). The molecule has 2 aromatic carbocycles. The summed E-state index contributed by atoms with van der Waals surface area (Å²) in [5, 5.41) is 3.01. The lowest BCUT2D eigenvalue weighted by molar-refractivity contribution is -0.130. The van der Waals surface area contributed by atoms with Gasteiger partial charge in [-0.1, -0.05) is 42.5 Å². The van der Waals surface area contributed by atoms with Gasteiger partial charge in [0.15, 0.2) is 0 Å². The highest BCUT2D eigenvalue weighted by atomic mass is 16.2. The summed E-state index contributed by atoms with van der Waals surface area (Å²) < 4.78 is 2.11. The van der Waals surface area contributed by atoms with E-state index in [4.69, 9.17) is 0 Å². The molecule has 2 heterocycles. The van der Waals surface area contributed by atoms with E-state index in [1.54, 1.807) is 0 Å². The van der Waals surface area contributed by atoms with E-state index in [1.807, 2.05) is 73.3 Å². The van der Waals surface area contributed by atoms with Gasteiger partial charge in [-0.15, -0.1) is 0 Å². The van der Waals surface area contributed by atoms with Crippen molar-refractivity contribution in [2.45, 2.75) is 32.9 Å². The highest BCUT2D eigenvalue weighted by molar-refractivity contribution is 5.89. The lowest BCUT2D eigenvalue weighted by Crippen LogP contribution is -2.35. The highest BCUT2D eigenvalue weighted by Gasteiger charge is 2.36. The summed E-state index contributed by atoms with van der Waals surface area (Å²) in [6, 6.07) is 17.9. The number of aromatic nitrogens is 2. The minimum atomic E-state index is -0.297. The molecule has 1 fully saturated rings. The Morgan fingerprint density at radius 2 is 1.90 bits per heavy atom. The summed E-state index contributed by atoms with van der Waals surface area (Å²) in [6.07, 6.45) is 0.274. The third-order valence-electron chi connectivity index (χ3n) is 5.76. The fourth-order valence-corrected chi connectivity index (χ4v) is 4.11. The van der Waals surface area contributed by atoms with Crippen LogP contribution in [-0.2, 0) is 16.1 Å². The van der Waals surface area contributed by atoms with Crippen LogP contribution < -0.4 is 5.32 Å². The second kappa shape index (κ2) is 8.07. The molecule has 0 radical (unpaired) electrons. The van der Waals surface area contributed by atoms with Gasteiger partial charge in [0.2, 0.25) is 11.8 Å². The molecule has 1 saturated heterocycles. The lowest BCUT2D eigenvalue weighted by Gasteiger charge is -2.25. The Bertz CT molecular complexity index is 1030. The average molecular weight is 390 g/mol. The number of hydrogen-bond donors (Lipinski definition) is 1. The molecular formula is C23H26N4O2. The van der Waals surface area contributed by atoms with Crippen molar-refractivity contribution in [3.63, 3.8) is 0 Å². The zero-order valence-electron chi connectivity index (χ0n) is 16.8. The maximum absolute atomic E-state index is 12.7. The normalized spacial score (nSPS) is 17.7. The molecule has 0 aliphatic carbocycles. The number of nitrogens with one attached hydrogen (secondary N) is 1. The van der Waals surface area contributed by atoms with E-state index in [2.05, 4.69) is 14.9 Å². The molecule has 150 valence electrons. The fourth-order valence-electron chi connectivity index (χ4n) is 4.11. The first kappa shape index (κ1) is 19.2. The van der Waals surface area contributed by atoms with Gasteiger partial charge in [-0.3, -0.25) is 9.59 Å². The lowest BCUT2D eigenvalue weighted by atomic mass is 10.1. The van der Waals surface area contributed by atoms with E-state index in [0.29, 0.717) is 19.6 Å². The van der Waals surface area contributed by atoms with Crippen molar-refractivity contribution in [3.8, 4) is 0 Å². The minimum Gasteiger partial charge on any atom is -0.354 e. The number of imidazole rings is 1. The van der Waals surface area contributed by atoms with Crippen molar-refractivity contribution in [2.75, 3.05) is 13.1 Å². The van der Waals surface area contributed by atoms with E-state index >= 15 is 0 Å². The maximum atomic E-state index is 12.7. The summed E-state index contributed by atoms with van der Waals surface area (Å²) in [6.45, 7) is 5.62. The number of hydrogen-bond acceptors (Lipinski definition) is 3. The van der Waals surface area contributed by atoms with Gasteiger partial charge in [0, 0.05) is 26.1 Å². The Morgan fingerprint density at radius 3 is 2.69 bits per heavy atom. The van der Waals surface area contributed by atoms with Gasteiger partial charge in [0.05, 0.1) is 23.0 Å². The third-order valence-corrected chi connectivity index (χ3v) is 5.76. The zero-order valence-corrected chi connectivity index (χ0v) is 16.8. The van der Waals surface area contributed by atoms with Gasteiger partial charge < -0.3 is 14.8 Å². The van der Waals surface area contributed by atoms with Crippen molar-refractivity contribution < 1.29 is 9.59 Å². The fraction of sp³-hybridized carbons (Fsp3) is 0.348. The predicted octanol–water partition coefficient (Wildman–Crippen LogP) is 3.07. The summed E-state index contributed by atoms with van der Waals surface area (Å²) in [4.78, 5) is 31.5. The summed E-state index contributed by atoms with van der Waals surface area (Å²) in [7, 11) is 0. The quantitative estimate of drug-likeness (QED) is 0.703. The van der Waals surface area contributed by atoms with E-state index < -0.39 is 0 Å². The van der Waals surface area contributed by atoms with Gasteiger partial charge in [0.25, 0.3) is 0 Å². The van der Waals surface area contributed by atoms with Crippen LogP contribution in [0.1, 0.15) is 30.8 Å². The standard InChI is InChI=1S/C23H26N4O2/c1-16(18-8-4-3-5-9-18)27-15-19(14-22(27)28)23(29)24-12-13-26-17(2)25-20-10-6-7-11-21(20)26/h3-11,16,19H,12-15H2,1-2H3,(H,24,29)/t16-,19+/m1/s1. The zero-order chi connectivity index (χ0) is 20.4. The first-order valence-electron chi connectivity index (χ1n) is 10.1. The number of nitrogens with zero attached hydrogens (tertiary/aromatic N) is 3. The first-order chi connectivity index (χ1) is 14.0. The number of rotatable bonds is 6. The van der Waals surface area contributed by atoms with Crippen LogP contribution in [0.4, 0.5) is 0 Å². The monoisotopic (exact) mass is 390 g/mol. The number of carbonyl (C=O) groups is 2. The molecule has 0 saturated carbocycles. The number of aryl methyl sites for hydroxylation is 1. The molecule has 29 heavy (non-hydrogen) atoms. The van der Waals surface area contributed by atoms with E-state index in [9.17, 15) is 9.59 Å². The SMILES string of the molecule is Cc1nc2ccccc2n1CCNC(=O)[C@H]1CC(=O)N([C@H](C)c2ccccc2)C1. The molecule has 2 atom stereocenters. The second-order valence-corrected chi connectivity index (χ2v) is 7.62. The summed E-state index contributed by atoms with van der Waals surface area (Å²) in [5.74, 6) is 0.620. The van der Waals surface area contributed by atoms with Crippen LogP contribution in [0.5, 0.6) is 0 Å². The summed E-state index contributed by atoms with van der Waals surface area (Å²) in [5.41, 5.74) is 3.12. The average Bonchev–Trinajstić information content (AvgIpc) is 3.28. The van der Waals surface area contributed by atoms with Crippen molar-refractivity contribution in [1.29, 1.82) is 0 Å². The van der Waals surface area contributed by atoms with E-state index in [0.717, 1.165) is 22.4 Å². The van der Waals surface area contributed by atoms with Crippen LogP contribution >= 0.6 is 0 Å². The largest absolute Gasteiger partial charge is 0.354 e. The maximum Gasteiger partial charge on any atom is 0.225 e. The van der Waals surface area contributed by atoms with Crippen LogP contribution in [0, 0.1) is 12.8 Å². The van der Waals surface area contributed by atoms with Crippen molar-refractivity contribution >= 4 is 22.8 Å². The minimum absolute atomic E-state index is 0.0264. The molecule has 6 nitrogen and oxygen atoms in total. The molecular weight excluding hydrogens is 364 g/mol. The van der Waals surface area contributed by atoms with Crippen LogP contribution in [-0.4, -0.2) is 39.4 Å². The molecule has 3 aromatic rings. The molecule has 0 unspecified atom stereocenters. The van der Waals surface area contributed by atoms with Gasteiger partial charge in [0.1, 0.15) is 5.82 Å². The number of amides is 2. The molecule has 2 amide bonds. The smallest absolute Gasteiger partial charge is 0.225 e. The molecule has 6 heteroatoms. The Labute approximate surface area is 170 Å². The number of likely N-dealkylation sites (tertiary alicyclic amines) is 1. The van der Waals surface area contributed by atoms with Crippen LogP contribution in [0.25, 0.3) is 11.0 Å². The van der Waals surface area contributed by atoms with Crippen LogP contribution in [0.2, 0.25) is 0 Å². The first-order valence-corrected chi connectivity index (χ1v) is 10.1. The topological polar surface area (TPSA) is 67.2 Å². The number of benzene rings is 2. The molecule has 1 aliphatic heterocycles. The number of fused-ring (bicyclic) bond motifs is 1. The van der Waals surface area contributed by atoms with Crippen LogP contribution in [0.15, 0.2) is 54.6 Å². The van der Waals surface area contributed by atoms with Gasteiger partial charge in [-0.05, 0) is 31.5 Å². The Balaban J connectivity index is 1.34. The van der Waals surface area contributed by atoms with Crippen molar-refractivity contribution in [1.82, 2.24) is 19.8 Å².